The Morgan fingerprint density at radius 3 is 2.05 bits per heavy atom. The third-order valence-electron chi connectivity index (χ3n) is 7.35. The number of rotatable bonds is 3. The van der Waals surface area contributed by atoms with Gasteiger partial charge in [0.25, 0.3) is 0 Å². The highest BCUT2D eigenvalue weighted by Crippen LogP contribution is 2.41. The number of benzene rings is 5. The number of para-hydroxylation sites is 2. The molecule has 0 saturated carbocycles. The average Bonchev–Trinajstić information content (AvgIpc) is 3.52. The molecule has 0 radical (unpaired) electrons. The van der Waals surface area contributed by atoms with Crippen LogP contribution < -0.4 is 0 Å². The molecule has 5 heteroatoms. The molecule has 0 bridgehead atoms. The monoisotopic (exact) mass is 537 g/mol. The summed E-state index contributed by atoms with van der Waals surface area (Å²) >= 11 is 8.16. The number of hydrogen-bond acceptors (Lipinski definition) is 3. The fraction of sp³-hybridized carbons (Fsp3) is 0. The van der Waals surface area contributed by atoms with Gasteiger partial charge in [0.2, 0.25) is 5.28 Å². The van der Waals surface area contributed by atoms with Gasteiger partial charge in [0.05, 0.1) is 26.9 Å². The zero-order valence-corrected chi connectivity index (χ0v) is 22.2. The van der Waals surface area contributed by atoms with Gasteiger partial charge in [-0.3, -0.25) is 0 Å². The Bertz CT molecular complexity index is 2180. The molecule has 0 saturated heterocycles. The maximum atomic E-state index is 6.44. The lowest BCUT2D eigenvalue weighted by Crippen LogP contribution is -1.92. The van der Waals surface area contributed by atoms with Gasteiger partial charge in [0, 0.05) is 32.1 Å². The van der Waals surface area contributed by atoms with E-state index in [-0.39, 0.29) is 5.28 Å². The van der Waals surface area contributed by atoms with Crippen LogP contribution in [0.5, 0.6) is 0 Å². The van der Waals surface area contributed by atoms with Crippen molar-refractivity contribution in [2.24, 2.45) is 0 Å². The lowest BCUT2D eigenvalue weighted by atomic mass is 10.0. The van der Waals surface area contributed by atoms with Crippen LogP contribution >= 0.6 is 22.9 Å². The smallest absolute Gasteiger partial charge is 0.223 e. The molecule has 184 valence electrons. The number of halogens is 1. The van der Waals surface area contributed by atoms with E-state index in [4.69, 9.17) is 11.6 Å². The van der Waals surface area contributed by atoms with E-state index in [1.54, 1.807) is 11.3 Å². The van der Waals surface area contributed by atoms with Gasteiger partial charge >= 0.3 is 0 Å². The molecule has 0 atom stereocenters. The quantitative estimate of drug-likeness (QED) is 0.210. The first-order valence-electron chi connectivity index (χ1n) is 12.8. The first-order valence-corrected chi connectivity index (χ1v) is 14.0. The van der Waals surface area contributed by atoms with Gasteiger partial charge in [-0.1, -0.05) is 78.9 Å². The third-order valence-corrected chi connectivity index (χ3v) is 8.69. The fourth-order valence-corrected chi connectivity index (χ4v) is 6.90. The number of aromatic nitrogens is 3. The van der Waals surface area contributed by atoms with Gasteiger partial charge in [0.1, 0.15) is 0 Å². The van der Waals surface area contributed by atoms with Crippen LogP contribution in [-0.2, 0) is 0 Å². The Morgan fingerprint density at radius 1 is 0.564 bits per heavy atom. The summed E-state index contributed by atoms with van der Waals surface area (Å²) in [5, 5.41) is 3.84. The van der Waals surface area contributed by atoms with Crippen molar-refractivity contribution in [3.8, 4) is 28.1 Å². The lowest BCUT2D eigenvalue weighted by Gasteiger charge is -2.08. The minimum Gasteiger partial charge on any atom is -0.309 e. The summed E-state index contributed by atoms with van der Waals surface area (Å²) in [6.45, 7) is 0. The van der Waals surface area contributed by atoms with Crippen LogP contribution in [0.1, 0.15) is 0 Å². The molecular weight excluding hydrogens is 518 g/mol. The van der Waals surface area contributed by atoms with Crippen LogP contribution in [0.25, 0.3) is 70.2 Å². The normalized spacial score (nSPS) is 11.7. The second kappa shape index (κ2) is 8.77. The Kier molecular flexibility index (Phi) is 5.05. The Labute approximate surface area is 233 Å². The van der Waals surface area contributed by atoms with Gasteiger partial charge in [-0.15, -0.1) is 11.3 Å². The van der Waals surface area contributed by atoms with Gasteiger partial charge < -0.3 is 4.57 Å². The minimum atomic E-state index is 0.265. The van der Waals surface area contributed by atoms with Crippen molar-refractivity contribution in [2.75, 3.05) is 0 Å². The first kappa shape index (κ1) is 22.5. The van der Waals surface area contributed by atoms with E-state index in [0.717, 1.165) is 38.1 Å². The van der Waals surface area contributed by atoms with E-state index in [0.29, 0.717) is 0 Å². The summed E-state index contributed by atoms with van der Waals surface area (Å²) in [7, 11) is 0. The molecule has 3 heterocycles. The topological polar surface area (TPSA) is 30.7 Å². The molecule has 0 amide bonds. The second-order valence-electron chi connectivity index (χ2n) is 9.62. The van der Waals surface area contributed by atoms with Crippen LogP contribution in [0.2, 0.25) is 5.28 Å². The molecule has 8 rings (SSSR count). The van der Waals surface area contributed by atoms with Gasteiger partial charge in [-0.25, -0.2) is 9.97 Å². The van der Waals surface area contributed by atoms with Crippen molar-refractivity contribution in [3.05, 3.63) is 127 Å². The summed E-state index contributed by atoms with van der Waals surface area (Å²) in [4.78, 5) is 9.27. The highest BCUT2D eigenvalue weighted by atomic mass is 35.5. The van der Waals surface area contributed by atoms with Crippen molar-refractivity contribution in [3.63, 3.8) is 0 Å². The van der Waals surface area contributed by atoms with Gasteiger partial charge in [0.15, 0.2) is 0 Å². The number of nitrogens with zero attached hydrogens (tertiary/aromatic N) is 3. The second-order valence-corrected chi connectivity index (χ2v) is 11.0. The summed E-state index contributed by atoms with van der Waals surface area (Å²) < 4.78 is 4.57. The maximum Gasteiger partial charge on any atom is 0.223 e. The van der Waals surface area contributed by atoms with E-state index >= 15 is 0 Å². The Balaban J connectivity index is 1.34. The molecule has 0 spiro atoms. The van der Waals surface area contributed by atoms with Gasteiger partial charge in [-0.2, -0.15) is 0 Å². The van der Waals surface area contributed by atoms with E-state index in [2.05, 4.69) is 118 Å². The molecule has 0 aliphatic rings. The molecule has 5 aromatic carbocycles. The van der Waals surface area contributed by atoms with Gasteiger partial charge in [-0.05, 0) is 65.2 Å². The van der Waals surface area contributed by atoms with E-state index in [9.17, 15) is 0 Å². The van der Waals surface area contributed by atoms with Crippen LogP contribution in [0, 0.1) is 0 Å². The molecule has 0 unspecified atom stereocenters. The van der Waals surface area contributed by atoms with Crippen LogP contribution in [0.3, 0.4) is 0 Å². The zero-order valence-electron chi connectivity index (χ0n) is 20.7. The molecule has 8 aromatic rings. The van der Waals surface area contributed by atoms with E-state index in [1.807, 2.05) is 18.2 Å². The number of fused-ring (bicyclic) bond motifs is 6. The molecule has 0 aliphatic heterocycles. The van der Waals surface area contributed by atoms with E-state index in [1.165, 1.54) is 32.1 Å². The molecule has 3 aromatic heterocycles. The van der Waals surface area contributed by atoms with Crippen LogP contribution in [-0.4, -0.2) is 14.5 Å². The molecular formula is C34H20ClN3S. The van der Waals surface area contributed by atoms with Crippen molar-refractivity contribution in [2.45, 2.75) is 0 Å². The standard InChI is InChI=1S/C34H20ClN3S/c35-34-36-31(21-9-3-1-4-10-21)33-32(37-34)27-20-23(16-18-30(27)39-33)22-15-17-29-26(19-22)25-13-7-8-14-28(25)38(29)24-11-5-2-6-12-24/h1-20H. The highest BCUT2D eigenvalue weighted by molar-refractivity contribution is 7.26. The molecule has 0 N–H and O–H groups in total. The van der Waals surface area contributed by atoms with Crippen LogP contribution in [0.4, 0.5) is 0 Å². The predicted molar refractivity (Wildman–Crippen MR) is 165 cm³/mol. The average molecular weight is 538 g/mol. The lowest BCUT2D eigenvalue weighted by molar-refractivity contribution is 1.18. The summed E-state index contributed by atoms with van der Waals surface area (Å²) in [5.74, 6) is 0. The van der Waals surface area contributed by atoms with E-state index < -0.39 is 0 Å². The maximum absolute atomic E-state index is 6.44. The van der Waals surface area contributed by atoms with Crippen molar-refractivity contribution in [1.29, 1.82) is 0 Å². The largest absolute Gasteiger partial charge is 0.309 e. The molecule has 0 aliphatic carbocycles. The molecule has 0 fully saturated rings. The summed E-state index contributed by atoms with van der Waals surface area (Å²) in [5.41, 5.74) is 8.70. The third kappa shape index (κ3) is 3.57. The van der Waals surface area contributed by atoms with Crippen molar-refractivity contribution in [1.82, 2.24) is 14.5 Å². The zero-order chi connectivity index (χ0) is 25.9. The Hall–Kier alpha value is -4.51. The van der Waals surface area contributed by atoms with Crippen molar-refractivity contribution < 1.29 is 0 Å². The minimum absolute atomic E-state index is 0.265. The SMILES string of the molecule is Clc1nc(-c2ccccc2)c2sc3ccc(-c4ccc5c(c4)c4ccccc4n5-c4ccccc4)cc3c2n1. The highest BCUT2D eigenvalue weighted by Gasteiger charge is 2.17. The molecule has 3 nitrogen and oxygen atoms in total. The first-order chi connectivity index (χ1) is 19.2. The van der Waals surface area contributed by atoms with Crippen LogP contribution in [0.15, 0.2) is 121 Å². The number of hydrogen-bond donors (Lipinski definition) is 0. The fourth-order valence-electron chi connectivity index (χ4n) is 5.60. The predicted octanol–water partition coefficient (Wildman–Crippen LogP) is 9.93. The van der Waals surface area contributed by atoms with Crippen molar-refractivity contribution >= 4 is 65.0 Å². The molecule has 39 heavy (non-hydrogen) atoms. The number of thiophene rings is 1. The Morgan fingerprint density at radius 2 is 1.23 bits per heavy atom. The summed E-state index contributed by atoms with van der Waals surface area (Å²) in [6.07, 6.45) is 0. The summed E-state index contributed by atoms with van der Waals surface area (Å²) in [6, 6.07) is 42.7.